The van der Waals surface area contributed by atoms with Crippen LogP contribution >= 0.6 is 0 Å². The van der Waals surface area contributed by atoms with Gasteiger partial charge < -0.3 is 44.8 Å². The largest absolute Gasteiger partial charge is 0.507 e. The zero-order valence-electron chi connectivity index (χ0n) is 23.3. The minimum Gasteiger partial charge on any atom is -0.507 e. The lowest BCUT2D eigenvalue weighted by molar-refractivity contribution is -0.264. The number of fused-ring (bicyclic) bond motifs is 3. The fourth-order valence-corrected chi connectivity index (χ4v) is 6.86. The molecule has 2 aliphatic heterocycles. The van der Waals surface area contributed by atoms with E-state index in [1.807, 2.05) is 0 Å². The van der Waals surface area contributed by atoms with Crippen LogP contribution in [0, 0.1) is 0 Å². The summed E-state index contributed by atoms with van der Waals surface area (Å²) in [7, 11) is 0. The minimum absolute atomic E-state index is 0.0331. The van der Waals surface area contributed by atoms with Crippen molar-refractivity contribution in [1.29, 1.82) is 0 Å². The lowest BCUT2D eigenvalue weighted by Crippen LogP contribution is -2.58. The number of aliphatic hydroxyl groups is 3. The third kappa shape index (κ3) is 4.32. The number of ketones is 2. The molecule has 0 spiro atoms. The van der Waals surface area contributed by atoms with Crippen LogP contribution in [0.4, 0.5) is 0 Å². The maximum atomic E-state index is 13.6. The van der Waals surface area contributed by atoms with Crippen molar-refractivity contribution in [2.75, 3.05) is 26.3 Å². The van der Waals surface area contributed by atoms with E-state index in [0.717, 1.165) is 0 Å². The molecule has 3 unspecified atom stereocenters. The van der Waals surface area contributed by atoms with E-state index < -0.39 is 76.2 Å². The number of aromatic hydroxyl groups is 3. The molecule has 6 N–H and O–H groups in total. The van der Waals surface area contributed by atoms with E-state index in [1.165, 1.54) is 18.2 Å². The first-order valence-corrected chi connectivity index (χ1v) is 14.2. The average molecular weight is 586 g/mol. The number of ether oxygens (including phenoxy) is 3. The van der Waals surface area contributed by atoms with Crippen molar-refractivity contribution in [3.63, 3.8) is 0 Å². The molecule has 12 heteroatoms. The number of benzene rings is 2. The maximum Gasteiger partial charge on any atom is 0.202 e. The number of phenolic OH excluding ortho intramolecular Hbond substituents is 3. The number of rotatable bonds is 4. The summed E-state index contributed by atoms with van der Waals surface area (Å²) in [5.74, 6) is -3.61. The van der Waals surface area contributed by atoms with E-state index in [0.29, 0.717) is 26.3 Å². The van der Waals surface area contributed by atoms with Gasteiger partial charge in [0.1, 0.15) is 23.4 Å². The molecule has 4 aliphatic rings. The number of hydrogen-bond donors (Lipinski definition) is 6. The van der Waals surface area contributed by atoms with Gasteiger partial charge in [-0.3, -0.25) is 14.5 Å². The van der Waals surface area contributed by atoms with Crippen LogP contribution in [0.15, 0.2) is 18.2 Å². The molecule has 42 heavy (non-hydrogen) atoms. The van der Waals surface area contributed by atoms with Gasteiger partial charge >= 0.3 is 0 Å². The number of carbonyl (C=O) groups is 2. The lowest BCUT2D eigenvalue weighted by atomic mass is 9.70. The van der Waals surface area contributed by atoms with Crippen molar-refractivity contribution < 1.29 is 54.4 Å². The van der Waals surface area contributed by atoms with E-state index in [4.69, 9.17) is 14.2 Å². The fourth-order valence-electron chi connectivity index (χ4n) is 6.86. The number of carbonyl (C=O) groups excluding carboxylic acids is 2. The zero-order valence-corrected chi connectivity index (χ0v) is 23.3. The Morgan fingerprint density at radius 2 is 1.67 bits per heavy atom. The highest BCUT2D eigenvalue weighted by molar-refractivity contribution is 6.31. The average Bonchev–Trinajstić information content (AvgIpc) is 2.97. The molecule has 226 valence electrons. The van der Waals surface area contributed by atoms with Crippen molar-refractivity contribution in [2.24, 2.45) is 0 Å². The Bertz CT molecular complexity index is 1440. The van der Waals surface area contributed by atoms with Gasteiger partial charge in [0.05, 0.1) is 53.8 Å². The predicted molar refractivity (Wildman–Crippen MR) is 145 cm³/mol. The van der Waals surface area contributed by atoms with Gasteiger partial charge in [-0.2, -0.15) is 0 Å². The van der Waals surface area contributed by atoms with E-state index in [9.17, 15) is 40.2 Å². The molecule has 0 radical (unpaired) electrons. The SMILES string of the molecule is CCC1(O)CC(O[C@H]2C[C@H](N3CCOCC3)[C@H](O)[C@H](C)O2)c2c(O)c3c(c(O)c2C1O)C(=O)c1cccc(O)c1C3=O. The number of morpholine rings is 1. The Labute approximate surface area is 241 Å². The Morgan fingerprint density at radius 1 is 1.00 bits per heavy atom. The van der Waals surface area contributed by atoms with Gasteiger partial charge in [-0.05, 0) is 19.4 Å². The van der Waals surface area contributed by atoms with Gasteiger partial charge in [-0.15, -0.1) is 0 Å². The Morgan fingerprint density at radius 3 is 2.36 bits per heavy atom. The smallest absolute Gasteiger partial charge is 0.202 e. The standard InChI is InChI=1S/C30H35NO11/c1-3-30(39)12-17(42-18-11-15(24(33)13(2)41-18)31-7-9-40-10-8-31)20-23(29(30)38)28(37)21-22(27(20)36)26(35)19-14(25(21)34)5-4-6-16(19)32/h4-6,13,15,17-18,24,29,32-33,36-39H,3,7-12H2,1-2H3/t13-,15-,17?,18-,24+,29?,30?/m0/s1. The molecule has 12 nitrogen and oxygen atoms in total. The second-order valence-corrected chi connectivity index (χ2v) is 11.5. The summed E-state index contributed by atoms with van der Waals surface area (Å²) < 4.78 is 17.8. The van der Waals surface area contributed by atoms with Crippen LogP contribution in [-0.2, 0) is 14.2 Å². The molecule has 0 saturated carbocycles. The third-order valence-electron chi connectivity index (χ3n) is 9.25. The molecule has 2 aromatic rings. The number of phenols is 3. The fraction of sp³-hybridized carbons (Fsp3) is 0.533. The monoisotopic (exact) mass is 585 g/mol. The molecule has 2 fully saturated rings. The van der Waals surface area contributed by atoms with Crippen LogP contribution in [0.1, 0.15) is 88.3 Å². The van der Waals surface area contributed by atoms with E-state index in [2.05, 4.69) is 4.90 Å². The summed E-state index contributed by atoms with van der Waals surface area (Å²) in [4.78, 5) is 29.2. The van der Waals surface area contributed by atoms with Crippen molar-refractivity contribution >= 4 is 11.6 Å². The molecule has 0 bridgehead atoms. The van der Waals surface area contributed by atoms with Gasteiger partial charge in [0, 0.05) is 48.7 Å². The van der Waals surface area contributed by atoms with Crippen LogP contribution in [0.5, 0.6) is 17.2 Å². The van der Waals surface area contributed by atoms with Gasteiger partial charge in [0.25, 0.3) is 0 Å². The maximum absolute atomic E-state index is 13.6. The molecular formula is C30H35NO11. The van der Waals surface area contributed by atoms with Crippen molar-refractivity contribution in [2.45, 2.75) is 75.5 Å². The van der Waals surface area contributed by atoms with Gasteiger partial charge in [0.15, 0.2) is 12.1 Å². The summed E-state index contributed by atoms with van der Waals surface area (Å²) in [5.41, 5.74) is -3.80. The molecule has 2 aliphatic carbocycles. The van der Waals surface area contributed by atoms with Crippen molar-refractivity contribution in [3.05, 3.63) is 51.6 Å². The number of nitrogens with zero attached hydrogens (tertiary/aromatic N) is 1. The molecule has 0 aromatic heterocycles. The first kappa shape index (κ1) is 29.0. The molecular weight excluding hydrogens is 550 g/mol. The molecule has 7 atom stereocenters. The molecule has 2 heterocycles. The number of hydrogen-bond acceptors (Lipinski definition) is 12. The first-order valence-electron chi connectivity index (χ1n) is 14.2. The summed E-state index contributed by atoms with van der Waals surface area (Å²) in [5, 5.41) is 67.1. The number of aliphatic hydroxyl groups excluding tert-OH is 2. The summed E-state index contributed by atoms with van der Waals surface area (Å²) in [6, 6.07) is 3.60. The van der Waals surface area contributed by atoms with E-state index >= 15 is 0 Å². The Kier molecular flexibility index (Phi) is 7.29. The van der Waals surface area contributed by atoms with Crippen LogP contribution in [0.2, 0.25) is 0 Å². The topological polar surface area (TPSA) is 186 Å². The lowest BCUT2D eigenvalue weighted by Gasteiger charge is -2.47. The van der Waals surface area contributed by atoms with E-state index in [1.54, 1.807) is 13.8 Å². The molecule has 6 rings (SSSR count). The van der Waals surface area contributed by atoms with Crippen LogP contribution in [0.25, 0.3) is 0 Å². The van der Waals surface area contributed by atoms with Crippen molar-refractivity contribution in [3.8, 4) is 17.2 Å². The summed E-state index contributed by atoms with van der Waals surface area (Å²) in [6.07, 6.45) is -5.23. The summed E-state index contributed by atoms with van der Waals surface area (Å²) in [6.45, 7) is 5.61. The summed E-state index contributed by atoms with van der Waals surface area (Å²) >= 11 is 0. The second kappa shape index (κ2) is 10.6. The Hall–Kier alpha value is -3.10. The molecule has 0 amide bonds. The molecule has 2 saturated heterocycles. The van der Waals surface area contributed by atoms with E-state index in [-0.39, 0.29) is 47.6 Å². The predicted octanol–water partition coefficient (Wildman–Crippen LogP) is 1.41. The Balaban J connectivity index is 1.44. The van der Waals surface area contributed by atoms with Gasteiger partial charge in [-0.1, -0.05) is 19.1 Å². The minimum atomic E-state index is -1.82. The highest BCUT2D eigenvalue weighted by atomic mass is 16.7. The third-order valence-corrected chi connectivity index (χ3v) is 9.25. The van der Waals surface area contributed by atoms with Crippen LogP contribution in [0.3, 0.4) is 0 Å². The normalized spacial score (nSPS) is 33.2. The second-order valence-electron chi connectivity index (χ2n) is 11.5. The van der Waals surface area contributed by atoms with Crippen LogP contribution in [-0.4, -0.2) is 104 Å². The van der Waals surface area contributed by atoms with Gasteiger partial charge in [-0.25, -0.2) is 0 Å². The highest BCUT2D eigenvalue weighted by Crippen LogP contribution is 2.56. The molecule has 2 aromatic carbocycles. The van der Waals surface area contributed by atoms with Gasteiger partial charge in [0.2, 0.25) is 5.78 Å². The van der Waals surface area contributed by atoms with Crippen LogP contribution < -0.4 is 0 Å². The zero-order chi connectivity index (χ0) is 30.1. The quantitative estimate of drug-likeness (QED) is 0.242. The first-order chi connectivity index (χ1) is 20.0. The highest BCUT2D eigenvalue weighted by Gasteiger charge is 2.52. The van der Waals surface area contributed by atoms with Crippen molar-refractivity contribution in [1.82, 2.24) is 4.90 Å².